The Hall–Kier alpha value is -0.260. The Labute approximate surface area is 94.4 Å². The van der Waals surface area contributed by atoms with Crippen LogP contribution in [0.4, 0.5) is 0 Å². The lowest BCUT2D eigenvalue weighted by molar-refractivity contribution is -0.137. The number of nitrogens with zero attached hydrogens (tertiary/aromatic N) is 1. The van der Waals surface area contributed by atoms with E-state index in [9.17, 15) is 4.79 Å². The van der Waals surface area contributed by atoms with Crippen LogP contribution in [0.5, 0.6) is 0 Å². The normalized spacial score (nSPS) is 26.3. The molecule has 0 radical (unpaired) electrons. The van der Waals surface area contributed by atoms with Gasteiger partial charge in [-0.15, -0.1) is 11.8 Å². The Morgan fingerprint density at radius 1 is 1.53 bits per heavy atom. The van der Waals surface area contributed by atoms with Crippen LogP contribution in [0, 0.1) is 0 Å². The Morgan fingerprint density at radius 3 is 2.80 bits per heavy atom. The number of aliphatic hydroxyl groups excluding tert-OH is 1. The summed E-state index contributed by atoms with van der Waals surface area (Å²) in [6.45, 7) is 0.564. The molecule has 2 fully saturated rings. The van der Waals surface area contributed by atoms with Gasteiger partial charge in [-0.3, -0.25) is 10.1 Å². The van der Waals surface area contributed by atoms with E-state index in [1.165, 1.54) is 6.42 Å². The number of carbonyl (C=O) groups excluding carboxylic acids is 1. The average Bonchev–Trinajstić information content (AvgIpc) is 2.66. The number of hydrogen-bond acceptors (Lipinski definition) is 4. The van der Waals surface area contributed by atoms with Crippen LogP contribution in [0.2, 0.25) is 0 Å². The van der Waals surface area contributed by atoms with E-state index < -0.39 is 0 Å². The molecule has 2 aliphatic rings. The molecule has 0 bridgehead atoms. The number of amides is 1. The number of carbonyl (C=O) groups is 1. The van der Waals surface area contributed by atoms with E-state index in [-0.39, 0.29) is 18.6 Å². The summed E-state index contributed by atoms with van der Waals surface area (Å²) in [4.78, 5) is 14.0. The van der Waals surface area contributed by atoms with Gasteiger partial charge in [-0.25, -0.2) is 0 Å². The van der Waals surface area contributed by atoms with Gasteiger partial charge in [0.15, 0.2) is 0 Å². The molecule has 4 nitrogen and oxygen atoms in total. The monoisotopic (exact) mass is 230 g/mol. The predicted molar refractivity (Wildman–Crippen MR) is 60.7 cm³/mol. The van der Waals surface area contributed by atoms with Crippen molar-refractivity contribution in [2.45, 2.75) is 31.3 Å². The summed E-state index contributed by atoms with van der Waals surface area (Å²) in [5.74, 6) is 1.92. The van der Waals surface area contributed by atoms with Crippen molar-refractivity contribution in [3.8, 4) is 0 Å². The fourth-order valence-electron chi connectivity index (χ4n) is 2.03. The Balaban J connectivity index is 1.92. The Bertz CT molecular complexity index is 227. The minimum Gasteiger partial charge on any atom is -0.395 e. The van der Waals surface area contributed by atoms with E-state index in [0.717, 1.165) is 24.5 Å². The summed E-state index contributed by atoms with van der Waals surface area (Å²) in [5.41, 5.74) is 0. The highest BCUT2D eigenvalue weighted by atomic mass is 32.2. The molecule has 1 saturated heterocycles. The Morgan fingerprint density at radius 2 is 2.33 bits per heavy atom. The van der Waals surface area contributed by atoms with Crippen molar-refractivity contribution >= 4 is 17.7 Å². The van der Waals surface area contributed by atoms with Crippen LogP contribution in [0.1, 0.15) is 19.3 Å². The van der Waals surface area contributed by atoms with Crippen LogP contribution in [-0.2, 0) is 4.79 Å². The molecule has 0 aromatic carbocycles. The lowest BCUT2D eigenvalue weighted by Crippen LogP contribution is -2.52. The van der Waals surface area contributed by atoms with Gasteiger partial charge in [0.1, 0.15) is 0 Å². The van der Waals surface area contributed by atoms with E-state index in [2.05, 4.69) is 5.32 Å². The van der Waals surface area contributed by atoms with Crippen molar-refractivity contribution in [2.75, 3.05) is 24.8 Å². The summed E-state index contributed by atoms with van der Waals surface area (Å²) in [6.07, 6.45) is 3.42. The van der Waals surface area contributed by atoms with Crippen LogP contribution < -0.4 is 5.32 Å². The first-order valence-corrected chi connectivity index (χ1v) is 6.71. The molecule has 1 unspecified atom stereocenters. The molecular formula is C10H18N2O2S. The largest absolute Gasteiger partial charge is 0.395 e. The van der Waals surface area contributed by atoms with E-state index >= 15 is 0 Å². The maximum absolute atomic E-state index is 12.1. The molecule has 1 aliphatic heterocycles. The van der Waals surface area contributed by atoms with Gasteiger partial charge in [0, 0.05) is 24.2 Å². The number of rotatable bonds is 4. The van der Waals surface area contributed by atoms with E-state index in [0.29, 0.717) is 12.6 Å². The molecule has 1 saturated carbocycles. The highest BCUT2D eigenvalue weighted by Crippen LogP contribution is 2.26. The second-order valence-corrected chi connectivity index (χ2v) is 5.14. The van der Waals surface area contributed by atoms with Crippen LogP contribution in [0.3, 0.4) is 0 Å². The SMILES string of the molecule is O=C(C1CSCN1)N(CCO)C1CCC1. The van der Waals surface area contributed by atoms with Crippen molar-refractivity contribution in [1.29, 1.82) is 0 Å². The molecule has 0 spiro atoms. The van der Waals surface area contributed by atoms with Crippen molar-refractivity contribution in [3.63, 3.8) is 0 Å². The zero-order valence-corrected chi connectivity index (χ0v) is 9.63. The molecule has 1 aliphatic carbocycles. The summed E-state index contributed by atoms with van der Waals surface area (Å²) < 4.78 is 0. The smallest absolute Gasteiger partial charge is 0.240 e. The third-order valence-electron chi connectivity index (χ3n) is 3.15. The zero-order chi connectivity index (χ0) is 10.7. The first-order valence-electron chi connectivity index (χ1n) is 5.55. The molecular weight excluding hydrogens is 212 g/mol. The third kappa shape index (κ3) is 2.46. The average molecular weight is 230 g/mol. The zero-order valence-electron chi connectivity index (χ0n) is 8.82. The molecule has 1 heterocycles. The van der Waals surface area contributed by atoms with Crippen LogP contribution >= 0.6 is 11.8 Å². The highest BCUT2D eigenvalue weighted by Gasteiger charge is 2.33. The van der Waals surface area contributed by atoms with Gasteiger partial charge in [-0.05, 0) is 19.3 Å². The summed E-state index contributed by atoms with van der Waals surface area (Å²) in [6, 6.07) is 0.360. The first-order chi connectivity index (χ1) is 7.33. The first kappa shape index (κ1) is 11.2. The highest BCUT2D eigenvalue weighted by molar-refractivity contribution is 7.99. The molecule has 0 aromatic rings. The number of aliphatic hydroxyl groups is 1. The van der Waals surface area contributed by atoms with Gasteiger partial charge in [0.2, 0.25) is 5.91 Å². The maximum atomic E-state index is 12.1. The van der Waals surface area contributed by atoms with Crippen LogP contribution in [-0.4, -0.2) is 52.8 Å². The van der Waals surface area contributed by atoms with Crippen molar-refractivity contribution in [1.82, 2.24) is 10.2 Å². The van der Waals surface area contributed by atoms with Gasteiger partial charge in [-0.2, -0.15) is 0 Å². The van der Waals surface area contributed by atoms with Crippen molar-refractivity contribution in [3.05, 3.63) is 0 Å². The van der Waals surface area contributed by atoms with E-state index in [1.54, 1.807) is 11.8 Å². The van der Waals surface area contributed by atoms with Gasteiger partial charge in [0.25, 0.3) is 0 Å². The van der Waals surface area contributed by atoms with Gasteiger partial charge in [0.05, 0.1) is 12.6 Å². The molecule has 1 amide bonds. The van der Waals surface area contributed by atoms with E-state index in [4.69, 9.17) is 5.11 Å². The number of nitrogens with one attached hydrogen (secondary N) is 1. The van der Waals surface area contributed by atoms with Crippen molar-refractivity contribution < 1.29 is 9.90 Å². The molecule has 2 N–H and O–H groups in total. The lowest BCUT2D eigenvalue weighted by atomic mass is 9.91. The predicted octanol–water partition coefficient (Wildman–Crippen LogP) is 0.0223. The third-order valence-corrected chi connectivity index (χ3v) is 4.09. The van der Waals surface area contributed by atoms with Crippen LogP contribution in [0.25, 0.3) is 0 Å². The van der Waals surface area contributed by atoms with E-state index in [1.807, 2.05) is 4.90 Å². The second-order valence-electron chi connectivity index (χ2n) is 4.11. The van der Waals surface area contributed by atoms with Crippen molar-refractivity contribution in [2.24, 2.45) is 0 Å². The van der Waals surface area contributed by atoms with Gasteiger partial charge < -0.3 is 10.0 Å². The Kier molecular flexibility index (Phi) is 3.88. The standard InChI is InChI=1S/C10H18N2O2S/c13-5-4-12(8-2-1-3-8)10(14)9-6-15-7-11-9/h8-9,11,13H,1-7H2. The molecule has 2 rings (SSSR count). The van der Waals surface area contributed by atoms with Crippen LogP contribution in [0.15, 0.2) is 0 Å². The molecule has 1 atom stereocenters. The maximum Gasteiger partial charge on any atom is 0.240 e. The molecule has 0 aromatic heterocycles. The van der Waals surface area contributed by atoms with Gasteiger partial charge in [-0.1, -0.05) is 0 Å². The number of hydrogen-bond donors (Lipinski definition) is 2. The molecule has 5 heteroatoms. The summed E-state index contributed by atoms with van der Waals surface area (Å²) >= 11 is 1.76. The lowest BCUT2D eigenvalue weighted by Gasteiger charge is -2.38. The topological polar surface area (TPSA) is 52.6 Å². The fourth-order valence-corrected chi connectivity index (χ4v) is 2.97. The van der Waals surface area contributed by atoms with Gasteiger partial charge >= 0.3 is 0 Å². The fraction of sp³-hybridized carbons (Fsp3) is 0.900. The minimum atomic E-state index is -0.0258. The molecule has 86 valence electrons. The summed E-state index contributed by atoms with van der Waals surface area (Å²) in [7, 11) is 0. The number of thioether (sulfide) groups is 1. The summed E-state index contributed by atoms with van der Waals surface area (Å²) in [5, 5.41) is 12.2. The second kappa shape index (κ2) is 5.18. The molecule has 15 heavy (non-hydrogen) atoms. The quantitative estimate of drug-likeness (QED) is 0.715. The minimum absolute atomic E-state index is 0.0258.